The second-order valence-electron chi connectivity index (χ2n) is 14.5. The zero-order valence-corrected chi connectivity index (χ0v) is 26.2. The Balaban J connectivity index is 2.07. The largest absolute Gasteiger partial charge is 0.443 e. The Morgan fingerprint density at radius 2 is 1.78 bits per heavy atom. The lowest BCUT2D eigenvalue weighted by Crippen LogP contribution is -2.54. The van der Waals surface area contributed by atoms with Crippen molar-refractivity contribution in [3.8, 4) is 0 Å². The van der Waals surface area contributed by atoms with Gasteiger partial charge in [0.15, 0.2) is 0 Å². The summed E-state index contributed by atoms with van der Waals surface area (Å²) < 4.78 is 13.4. The third-order valence-corrected chi connectivity index (χ3v) is 12.0. The Bertz CT molecular complexity index is 818. The lowest BCUT2D eigenvalue weighted by Gasteiger charge is -2.60. The highest BCUT2D eigenvalue weighted by Gasteiger charge is 2.72. The normalized spacial score (nSPS) is 38.5. The highest BCUT2D eigenvalue weighted by Crippen LogP contribution is 2.75. The number of likely N-dealkylation sites (tertiary alicyclic amines) is 1. The van der Waals surface area contributed by atoms with Gasteiger partial charge in [0.05, 0.1) is 12.2 Å². The molecule has 2 aliphatic heterocycles. The molecule has 3 fully saturated rings. The van der Waals surface area contributed by atoms with Crippen LogP contribution in [-0.4, -0.2) is 42.4 Å². The molecule has 4 nitrogen and oxygen atoms in total. The first-order valence-corrected chi connectivity index (χ1v) is 15.4. The smallest absolute Gasteiger partial charge is 0.410 e. The van der Waals surface area contributed by atoms with E-state index >= 15 is 0 Å². The Labute approximate surface area is 229 Å². The molecule has 1 amide bonds. The Morgan fingerprint density at radius 1 is 1.16 bits per heavy atom. The summed E-state index contributed by atoms with van der Waals surface area (Å²) in [5, 5.41) is 0. The molecule has 3 aliphatic rings. The zero-order valence-electron chi connectivity index (χ0n) is 26.2. The number of carbonyl (C=O) groups excluding carboxylic acids is 1. The average Bonchev–Trinajstić information content (AvgIpc) is 3.00. The summed E-state index contributed by atoms with van der Waals surface area (Å²) in [7, 11) is 0. The van der Waals surface area contributed by atoms with Crippen LogP contribution in [0.1, 0.15) is 115 Å². The van der Waals surface area contributed by atoms with E-state index in [-0.39, 0.29) is 52.0 Å². The predicted molar refractivity (Wildman–Crippen MR) is 155 cm³/mol. The van der Waals surface area contributed by atoms with Crippen molar-refractivity contribution < 1.29 is 14.3 Å². The molecule has 0 aromatic rings. The number of nitrogens with zero attached hydrogens (tertiary/aromatic N) is 1. The van der Waals surface area contributed by atoms with Crippen molar-refractivity contribution in [3.63, 3.8) is 0 Å². The van der Waals surface area contributed by atoms with Crippen molar-refractivity contribution in [1.29, 1.82) is 0 Å². The maximum absolute atomic E-state index is 12.8. The topological polar surface area (TPSA) is 38.8 Å². The molecule has 0 aromatic carbocycles. The fourth-order valence-electron chi connectivity index (χ4n) is 9.05. The molecule has 2 saturated heterocycles. The quantitative estimate of drug-likeness (QED) is 0.272. The van der Waals surface area contributed by atoms with Crippen molar-refractivity contribution in [2.45, 2.75) is 133 Å². The van der Waals surface area contributed by atoms with Gasteiger partial charge < -0.3 is 14.4 Å². The molecule has 0 spiro atoms. The number of carbonyl (C=O) groups is 1. The minimum absolute atomic E-state index is 0.000944. The molecule has 3 rings (SSSR count). The van der Waals surface area contributed by atoms with Gasteiger partial charge in [-0.2, -0.15) is 0 Å². The van der Waals surface area contributed by atoms with Gasteiger partial charge in [-0.15, -0.1) is 6.58 Å². The van der Waals surface area contributed by atoms with Gasteiger partial charge in [0.1, 0.15) is 6.10 Å². The SMILES string of the molecule is C=CC(C)(CC)C1(CC(C)(C)CC)C(C)C2OC(C(OC(=O)N3CCC3)C(C)C)CC(C)C2C1(C)CC. The van der Waals surface area contributed by atoms with Gasteiger partial charge in [0.2, 0.25) is 0 Å². The molecule has 2 heterocycles. The Kier molecular flexibility index (Phi) is 8.95. The molecule has 0 bridgehead atoms. The van der Waals surface area contributed by atoms with E-state index in [2.05, 4.69) is 88.8 Å². The lowest BCUT2D eigenvalue weighted by molar-refractivity contribution is -0.169. The van der Waals surface area contributed by atoms with Crippen molar-refractivity contribution in [3.05, 3.63) is 12.7 Å². The molecule has 0 radical (unpaired) electrons. The van der Waals surface area contributed by atoms with Crippen molar-refractivity contribution in [1.82, 2.24) is 4.90 Å². The third kappa shape index (κ3) is 4.80. The van der Waals surface area contributed by atoms with Crippen LogP contribution < -0.4 is 0 Å². The van der Waals surface area contributed by atoms with Gasteiger partial charge in [0.25, 0.3) is 0 Å². The second kappa shape index (κ2) is 10.9. The number of allylic oxidation sites excluding steroid dienone is 1. The van der Waals surface area contributed by atoms with E-state index in [4.69, 9.17) is 9.47 Å². The Morgan fingerprint density at radius 3 is 2.22 bits per heavy atom. The predicted octanol–water partition coefficient (Wildman–Crippen LogP) is 8.74. The fraction of sp³-hybridized carbons (Fsp3) is 0.909. The van der Waals surface area contributed by atoms with Crippen molar-refractivity contribution in [2.75, 3.05) is 13.1 Å². The van der Waals surface area contributed by atoms with Crippen LogP contribution in [0, 0.1) is 45.3 Å². The number of hydrogen-bond acceptors (Lipinski definition) is 3. The molecule has 9 unspecified atom stereocenters. The van der Waals surface area contributed by atoms with Crippen LogP contribution in [-0.2, 0) is 9.47 Å². The van der Waals surface area contributed by atoms with Gasteiger partial charge in [-0.25, -0.2) is 4.79 Å². The van der Waals surface area contributed by atoms with E-state index in [1.807, 2.05) is 4.90 Å². The maximum Gasteiger partial charge on any atom is 0.410 e. The number of fused-ring (bicyclic) bond motifs is 1. The molecular weight excluding hydrogens is 458 g/mol. The highest BCUT2D eigenvalue weighted by atomic mass is 16.6. The van der Waals surface area contributed by atoms with Gasteiger partial charge in [-0.3, -0.25) is 0 Å². The summed E-state index contributed by atoms with van der Waals surface area (Å²) >= 11 is 0. The van der Waals surface area contributed by atoms with E-state index in [0.717, 1.165) is 45.2 Å². The number of amides is 1. The van der Waals surface area contributed by atoms with Crippen LogP contribution in [0.2, 0.25) is 0 Å². The van der Waals surface area contributed by atoms with Crippen LogP contribution in [0.3, 0.4) is 0 Å². The molecule has 4 heteroatoms. The monoisotopic (exact) mass is 517 g/mol. The first kappa shape index (κ1) is 30.5. The minimum atomic E-state index is -0.212. The van der Waals surface area contributed by atoms with Gasteiger partial charge in [-0.05, 0) is 77.4 Å². The minimum Gasteiger partial charge on any atom is -0.443 e. The van der Waals surface area contributed by atoms with Crippen LogP contribution in [0.25, 0.3) is 0 Å². The molecule has 214 valence electrons. The van der Waals surface area contributed by atoms with Crippen LogP contribution in [0.15, 0.2) is 12.7 Å². The van der Waals surface area contributed by atoms with Crippen LogP contribution >= 0.6 is 0 Å². The highest BCUT2D eigenvalue weighted by molar-refractivity contribution is 5.68. The van der Waals surface area contributed by atoms with Crippen LogP contribution in [0.5, 0.6) is 0 Å². The molecule has 1 saturated carbocycles. The Hall–Kier alpha value is -1.03. The van der Waals surface area contributed by atoms with E-state index in [1.165, 1.54) is 6.42 Å². The molecule has 37 heavy (non-hydrogen) atoms. The maximum atomic E-state index is 12.8. The summed E-state index contributed by atoms with van der Waals surface area (Å²) in [6, 6.07) is 0. The number of ether oxygens (including phenoxy) is 2. The summed E-state index contributed by atoms with van der Waals surface area (Å²) in [6.07, 6.45) is 8.58. The molecule has 0 aromatic heterocycles. The van der Waals surface area contributed by atoms with Crippen molar-refractivity contribution in [2.24, 2.45) is 45.3 Å². The third-order valence-electron chi connectivity index (χ3n) is 12.0. The lowest BCUT2D eigenvalue weighted by atomic mass is 9.44. The first-order valence-electron chi connectivity index (χ1n) is 15.4. The van der Waals surface area contributed by atoms with Crippen molar-refractivity contribution >= 4 is 6.09 Å². The van der Waals surface area contributed by atoms with E-state index in [1.54, 1.807) is 0 Å². The van der Waals surface area contributed by atoms with E-state index < -0.39 is 0 Å². The van der Waals surface area contributed by atoms with E-state index in [0.29, 0.717) is 17.8 Å². The standard InChI is InChI=1S/C33H59NO3/c1-13-30(9,10)21-33(31(11,14-2)15-3)24(8)28-26(32(33,12)16-4)23(7)20-25(36-28)27(22(5)6)37-29(35)34-18-17-19-34/h14,22-28H,2,13,15-21H2,1,3-12H3. The van der Waals surface area contributed by atoms with Gasteiger partial charge in [0, 0.05) is 13.1 Å². The first-order chi connectivity index (χ1) is 17.2. The average molecular weight is 518 g/mol. The second-order valence-corrected chi connectivity index (χ2v) is 14.5. The summed E-state index contributed by atoms with van der Waals surface area (Å²) in [4.78, 5) is 14.7. The molecule has 1 aliphatic carbocycles. The van der Waals surface area contributed by atoms with E-state index in [9.17, 15) is 4.79 Å². The zero-order chi connectivity index (χ0) is 28.0. The summed E-state index contributed by atoms with van der Waals surface area (Å²) in [5.74, 6) is 1.56. The van der Waals surface area contributed by atoms with Gasteiger partial charge >= 0.3 is 6.09 Å². The summed E-state index contributed by atoms with van der Waals surface area (Å²) in [6.45, 7) is 32.4. The number of rotatable bonds is 10. The fourth-order valence-corrected chi connectivity index (χ4v) is 9.05. The summed E-state index contributed by atoms with van der Waals surface area (Å²) in [5.41, 5.74) is 0.411. The van der Waals surface area contributed by atoms with Crippen LogP contribution in [0.4, 0.5) is 4.79 Å². The molecule has 0 N–H and O–H groups in total. The molecular formula is C33H59NO3. The molecule has 9 atom stereocenters. The number of hydrogen-bond donors (Lipinski definition) is 0. The van der Waals surface area contributed by atoms with Gasteiger partial charge in [-0.1, -0.05) is 88.7 Å².